The van der Waals surface area contributed by atoms with Gasteiger partial charge in [0.05, 0.1) is 33.8 Å². The predicted octanol–water partition coefficient (Wildman–Crippen LogP) is 3.93. The Morgan fingerprint density at radius 3 is 2.41 bits per heavy atom. The zero-order valence-electron chi connectivity index (χ0n) is 16.9. The number of rotatable bonds is 4. The first-order valence-electron chi connectivity index (χ1n) is 10.1. The number of sulfone groups is 1. The fourth-order valence-electron chi connectivity index (χ4n) is 3.94. The monoisotopic (exact) mass is 481 g/mol. The summed E-state index contributed by atoms with van der Waals surface area (Å²) in [5, 5.41) is 4.78. The van der Waals surface area contributed by atoms with Crippen LogP contribution >= 0.6 is 24.0 Å². The molecule has 3 aromatic rings. The molecule has 2 saturated heterocycles. The SMILES string of the molecule is O=C1/C(=C/c2cn(-c3ccccc3)nc2-c2ccccc2)SC(=S)N1[C@H]1CCS(=O)(=O)C1. The van der Waals surface area contributed by atoms with Gasteiger partial charge in [-0.3, -0.25) is 9.69 Å². The minimum atomic E-state index is -3.12. The molecule has 162 valence electrons. The predicted molar refractivity (Wildman–Crippen MR) is 131 cm³/mol. The summed E-state index contributed by atoms with van der Waals surface area (Å²) in [6, 6.07) is 19.2. The first-order valence-corrected chi connectivity index (χ1v) is 13.1. The highest BCUT2D eigenvalue weighted by molar-refractivity contribution is 8.26. The number of para-hydroxylation sites is 1. The zero-order chi connectivity index (χ0) is 22.3. The second-order valence-corrected chi connectivity index (χ2v) is 11.6. The first-order chi connectivity index (χ1) is 15.4. The second-order valence-electron chi connectivity index (χ2n) is 7.69. The molecule has 0 spiro atoms. The topological polar surface area (TPSA) is 72.3 Å². The molecule has 0 radical (unpaired) electrons. The van der Waals surface area contributed by atoms with Crippen LogP contribution in [0.15, 0.2) is 71.8 Å². The van der Waals surface area contributed by atoms with Crippen molar-refractivity contribution in [1.29, 1.82) is 0 Å². The van der Waals surface area contributed by atoms with Gasteiger partial charge >= 0.3 is 0 Å². The van der Waals surface area contributed by atoms with Crippen LogP contribution in [0.1, 0.15) is 12.0 Å². The van der Waals surface area contributed by atoms with Gasteiger partial charge in [-0.05, 0) is 24.6 Å². The number of hydrogen-bond donors (Lipinski definition) is 0. The Bertz CT molecular complexity index is 1330. The highest BCUT2D eigenvalue weighted by Gasteiger charge is 2.42. The summed E-state index contributed by atoms with van der Waals surface area (Å²) in [4.78, 5) is 15.1. The van der Waals surface area contributed by atoms with Crippen LogP contribution in [-0.2, 0) is 14.6 Å². The fourth-order valence-corrected chi connectivity index (χ4v) is 7.03. The van der Waals surface area contributed by atoms with Crippen molar-refractivity contribution in [2.24, 2.45) is 0 Å². The van der Waals surface area contributed by atoms with Crippen LogP contribution in [0.5, 0.6) is 0 Å². The van der Waals surface area contributed by atoms with E-state index in [2.05, 4.69) is 0 Å². The Balaban J connectivity index is 1.54. The molecule has 2 aliphatic heterocycles. The molecule has 9 heteroatoms. The third kappa shape index (κ3) is 4.03. The quantitative estimate of drug-likeness (QED) is 0.415. The van der Waals surface area contributed by atoms with Gasteiger partial charge in [0.2, 0.25) is 0 Å². The number of carbonyl (C=O) groups excluding carboxylic acids is 1. The van der Waals surface area contributed by atoms with Gasteiger partial charge in [0.25, 0.3) is 5.91 Å². The number of aromatic nitrogens is 2. The summed E-state index contributed by atoms with van der Waals surface area (Å²) >= 11 is 6.65. The van der Waals surface area contributed by atoms with Gasteiger partial charge in [-0.1, -0.05) is 72.5 Å². The summed E-state index contributed by atoms with van der Waals surface area (Å²) < 4.78 is 26.0. The number of thioether (sulfide) groups is 1. The van der Waals surface area contributed by atoms with Crippen LogP contribution in [0.4, 0.5) is 0 Å². The lowest BCUT2D eigenvalue weighted by molar-refractivity contribution is -0.123. The molecule has 3 heterocycles. The Kier molecular flexibility index (Phi) is 5.48. The second kappa shape index (κ2) is 8.31. The van der Waals surface area contributed by atoms with Crippen molar-refractivity contribution in [2.45, 2.75) is 12.5 Å². The third-order valence-electron chi connectivity index (χ3n) is 5.49. The molecular formula is C23H19N3O3S3. The number of carbonyl (C=O) groups is 1. The first kappa shape index (κ1) is 21.1. The Morgan fingerprint density at radius 1 is 1.06 bits per heavy atom. The van der Waals surface area contributed by atoms with Gasteiger partial charge in [0, 0.05) is 17.3 Å². The number of benzene rings is 2. The molecule has 0 saturated carbocycles. The minimum Gasteiger partial charge on any atom is -0.289 e. The molecule has 2 aromatic carbocycles. The van der Waals surface area contributed by atoms with Gasteiger partial charge in [-0.2, -0.15) is 5.10 Å². The van der Waals surface area contributed by atoms with Gasteiger partial charge in [-0.15, -0.1) is 0 Å². The summed E-state index contributed by atoms with van der Waals surface area (Å²) in [6.07, 6.45) is 4.12. The van der Waals surface area contributed by atoms with Crippen LogP contribution in [0.25, 0.3) is 23.0 Å². The van der Waals surface area contributed by atoms with Crippen molar-refractivity contribution in [3.05, 3.63) is 77.3 Å². The van der Waals surface area contributed by atoms with E-state index in [0.717, 1.165) is 22.5 Å². The molecule has 1 aromatic heterocycles. The number of nitrogens with zero attached hydrogens (tertiary/aromatic N) is 3. The molecule has 1 amide bonds. The lowest BCUT2D eigenvalue weighted by Gasteiger charge is -2.20. The molecule has 1 atom stereocenters. The Hall–Kier alpha value is -2.75. The molecule has 2 aliphatic rings. The van der Waals surface area contributed by atoms with Crippen LogP contribution in [0.2, 0.25) is 0 Å². The summed E-state index contributed by atoms with van der Waals surface area (Å²) in [6.45, 7) is 0. The van der Waals surface area contributed by atoms with Gasteiger partial charge < -0.3 is 0 Å². The van der Waals surface area contributed by atoms with Gasteiger partial charge in [-0.25, -0.2) is 13.1 Å². The number of thiocarbonyl (C=S) groups is 1. The van der Waals surface area contributed by atoms with Crippen molar-refractivity contribution in [3.8, 4) is 16.9 Å². The van der Waals surface area contributed by atoms with Crippen LogP contribution < -0.4 is 0 Å². The molecule has 0 aliphatic carbocycles. The lowest BCUT2D eigenvalue weighted by atomic mass is 10.1. The van der Waals surface area contributed by atoms with Crippen molar-refractivity contribution in [2.75, 3.05) is 11.5 Å². The van der Waals surface area contributed by atoms with Crippen molar-refractivity contribution in [3.63, 3.8) is 0 Å². The van der Waals surface area contributed by atoms with E-state index in [1.165, 1.54) is 16.7 Å². The molecule has 5 rings (SSSR count). The largest absolute Gasteiger partial charge is 0.289 e. The van der Waals surface area contributed by atoms with E-state index >= 15 is 0 Å². The van der Waals surface area contributed by atoms with Gasteiger partial charge in [0.15, 0.2) is 9.84 Å². The number of hydrogen-bond acceptors (Lipinski definition) is 6. The highest BCUT2D eigenvalue weighted by Crippen LogP contribution is 2.37. The lowest BCUT2D eigenvalue weighted by Crippen LogP contribution is -2.39. The highest BCUT2D eigenvalue weighted by atomic mass is 32.2. The average molecular weight is 482 g/mol. The van der Waals surface area contributed by atoms with E-state index in [9.17, 15) is 13.2 Å². The van der Waals surface area contributed by atoms with Crippen LogP contribution in [0, 0.1) is 0 Å². The third-order valence-corrected chi connectivity index (χ3v) is 8.57. The Labute approximate surface area is 195 Å². The number of amides is 1. The normalized spacial score (nSPS) is 21.6. The Morgan fingerprint density at radius 2 is 1.75 bits per heavy atom. The maximum atomic E-state index is 13.2. The smallest absolute Gasteiger partial charge is 0.266 e. The van der Waals surface area contributed by atoms with Crippen molar-refractivity contribution >= 4 is 50.1 Å². The molecule has 32 heavy (non-hydrogen) atoms. The maximum absolute atomic E-state index is 13.2. The maximum Gasteiger partial charge on any atom is 0.266 e. The summed E-state index contributed by atoms with van der Waals surface area (Å²) in [5.74, 6) is -0.183. The van der Waals surface area contributed by atoms with E-state index in [4.69, 9.17) is 17.3 Å². The van der Waals surface area contributed by atoms with Gasteiger partial charge in [0.1, 0.15) is 4.32 Å². The van der Waals surface area contributed by atoms with E-state index in [0.29, 0.717) is 15.6 Å². The van der Waals surface area contributed by atoms with Crippen LogP contribution in [-0.4, -0.2) is 50.9 Å². The van der Waals surface area contributed by atoms with E-state index < -0.39 is 9.84 Å². The van der Waals surface area contributed by atoms with E-state index in [1.807, 2.05) is 66.9 Å². The van der Waals surface area contributed by atoms with Crippen LogP contribution in [0.3, 0.4) is 0 Å². The molecule has 0 N–H and O–H groups in total. The summed E-state index contributed by atoms with van der Waals surface area (Å²) in [7, 11) is -3.12. The van der Waals surface area contributed by atoms with Crippen molar-refractivity contribution < 1.29 is 13.2 Å². The van der Waals surface area contributed by atoms with E-state index in [1.54, 1.807) is 10.8 Å². The molecule has 2 fully saturated rings. The van der Waals surface area contributed by atoms with E-state index in [-0.39, 0.29) is 23.5 Å². The fraction of sp³-hybridized carbons (Fsp3) is 0.174. The average Bonchev–Trinajstić information content (AvgIpc) is 3.45. The molecule has 0 bridgehead atoms. The zero-order valence-corrected chi connectivity index (χ0v) is 19.4. The minimum absolute atomic E-state index is 0.0338. The molecule has 6 nitrogen and oxygen atoms in total. The van der Waals surface area contributed by atoms with Crippen molar-refractivity contribution in [1.82, 2.24) is 14.7 Å². The summed E-state index contributed by atoms with van der Waals surface area (Å²) in [5.41, 5.74) is 3.39. The standard InChI is InChI=1S/C23H19N3O3S3/c27-22-20(31-23(30)26(22)19-11-12-32(28,29)15-19)13-17-14-25(18-9-5-2-6-10-18)24-21(17)16-7-3-1-4-8-16/h1-10,13-14,19H,11-12,15H2/b20-13-/t19-/m0/s1. The molecular weight excluding hydrogens is 462 g/mol. The molecule has 0 unspecified atom stereocenters.